The van der Waals surface area contributed by atoms with Crippen molar-refractivity contribution in [3.8, 4) is 0 Å². The van der Waals surface area contributed by atoms with E-state index < -0.39 is 0 Å². The molecular formula is C16H29N3O. The van der Waals surface area contributed by atoms with E-state index in [0.29, 0.717) is 36.0 Å². The van der Waals surface area contributed by atoms with Crippen molar-refractivity contribution >= 4 is 5.91 Å². The zero-order valence-corrected chi connectivity index (χ0v) is 13.3. The van der Waals surface area contributed by atoms with Gasteiger partial charge >= 0.3 is 0 Å². The van der Waals surface area contributed by atoms with Gasteiger partial charge in [-0.25, -0.2) is 0 Å². The highest BCUT2D eigenvalue weighted by atomic mass is 16.2. The SMILES string of the molecule is CC1CC2CNCC2N1C(=O)C(C)N1C(C)CCC1C. The van der Waals surface area contributed by atoms with Gasteiger partial charge in [-0.2, -0.15) is 0 Å². The van der Waals surface area contributed by atoms with Crippen molar-refractivity contribution in [2.24, 2.45) is 5.92 Å². The quantitative estimate of drug-likeness (QED) is 0.831. The Morgan fingerprint density at radius 2 is 1.75 bits per heavy atom. The lowest BCUT2D eigenvalue weighted by Crippen LogP contribution is -2.54. The summed E-state index contributed by atoms with van der Waals surface area (Å²) >= 11 is 0. The Morgan fingerprint density at radius 1 is 1.10 bits per heavy atom. The molecule has 3 aliphatic rings. The number of fused-ring (bicyclic) bond motifs is 1. The molecule has 3 saturated heterocycles. The van der Waals surface area contributed by atoms with Gasteiger partial charge in [-0.1, -0.05) is 0 Å². The van der Waals surface area contributed by atoms with Crippen LogP contribution < -0.4 is 5.32 Å². The highest BCUT2D eigenvalue weighted by Crippen LogP contribution is 2.34. The van der Waals surface area contributed by atoms with Crippen LogP contribution in [0.5, 0.6) is 0 Å². The van der Waals surface area contributed by atoms with Gasteiger partial charge in [-0.05, 0) is 52.9 Å². The molecule has 0 saturated carbocycles. The van der Waals surface area contributed by atoms with E-state index in [4.69, 9.17) is 0 Å². The van der Waals surface area contributed by atoms with Gasteiger partial charge in [-0.15, -0.1) is 0 Å². The molecule has 0 spiro atoms. The van der Waals surface area contributed by atoms with Gasteiger partial charge < -0.3 is 10.2 Å². The molecule has 3 rings (SSSR count). The van der Waals surface area contributed by atoms with E-state index in [1.54, 1.807) is 0 Å². The van der Waals surface area contributed by atoms with Crippen LogP contribution >= 0.6 is 0 Å². The molecular weight excluding hydrogens is 250 g/mol. The van der Waals surface area contributed by atoms with Crippen molar-refractivity contribution < 1.29 is 4.79 Å². The molecule has 0 radical (unpaired) electrons. The minimum Gasteiger partial charge on any atom is -0.334 e. The second-order valence-corrected chi connectivity index (χ2v) is 7.21. The lowest BCUT2D eigenvalue weighted by molar-refractivity contribution is -0.140. The first-order valence-electron chi connectivity index (χ1n) is 8.31. The number of nitrogens with zero attached hydrogens (tertiary/aromatic N) is 2. The highest BCUT2D eigenvalue weighted by Gasteiger charge is 2.46. The van der Waals surface area contributed by atoms with E-state index in [2.05, 4.69) is 42.8 Å². The maximum Gasteiger partial charge on any atom is 0.240 e. The molecule has 3 aliphatic heterocycles. The number of hydrogen-bond donors (Lipinski definition) is 1. The molecule has 0 aliphatic carbocycles. The number of likely N-dealkylation sites (tertiary alicyclic amines) is 2. The van der Waals surface area contributed by atoms with Gasteiger partial charge in [-0.3, -0.25) is 9.69 Å². The van der Waals surface area contributed by atoms with E-state index in [0.717, 1.165) is 13.1 Å². The Hall–Kier alpha value is -0.610. The average Bonchev–Trinajstić information content (AvgIpc) is 3.03. The zero-order valence-electron chi connectivity index (χ0n) is 13.3. The summed E-state index contributed by atoms with van der Waals surface area (Å²) in [6.07, 6.45) is 3.62. The number of hydrogen-bond acceptors (Lipinski definition) is 3. The molecule has 0 aromatic heterocycles. The van der Waals surface area contributed by atoms with Crippen LogP contribution in [0.3, 0.4) is 0 Å². The van der Waals surface area contributed by atoms with Gasteiger partial charge in [0.2, 0.25) is 5.91 Å². The van der Waals surface area contributed by atoms with E-state index in [-0.39, 0.29) is 6.04 Å². The molecule has 4 heteroatoms. The largest absolute Gasteiger partial charge is 0.334 e. The predicted octanol–water partition coefficient (Wildman–Crippen LogP) is 1.46. The van der Waals surface area contributed by atoms with Crippen molar-refractivity contribution in [1.29, 1.82) is 0 Å². The summed E-state index contributed by atoms with van der Waals surface area (Å²) in [5, 5.41) is 3.45. The first kappa shape index (κ1) is 14.3. The standard InChI is InChI=1S/C16H29N3O/c1-10-5-6-11(2)18(10)13(4)16(20)19-12(3)7-14-8-17-9-15(14)19/h10-15,17H,5-9H2,1-4H3. The maximum absolute atomic E-state index is 13.0. The molecule has 6 unspecified atom stereocenters. The van der Waals surface area contributed by atoms with Crippen molar-refractivity contribution in [1.82, 2.24) is 15.1 Å². The van der Waals surface area contributed by atoms with Crippen LogP contribution in [0.1, 0.15) is 47.0 Å². The first-order valence-corrected chi connectivity index (χ1v) is 8.31. The number of amides is 1. The average molecular weight is 279 g/mol. The molecule has 3 heterocycles. The minimum atomic E-state index is 0.0318. The molecule has 4 nitrogen and oxygen atoms in total. The summed E-state index contributed by atoms with van der Waals surface area (Å²) in [7, 11) is 0. The second-order valence-electron chi connectivity index (χ2n) is 7.21. The summed E-state index contributed by atoms with van der Waals surface area (Å²) in [6, 6.07) is 1.96. The fourth-order valence-corrected chi connectivity index (χ4v) is 4.87. The lowest BCUT2D eigenvalue weighted by Gasteiger charge is -2.37. The summed E-state index contributed by atoms with van der Waals surface area (Å²) in [6.45, 7) is 10.9. The Morgan fingerprint density at radius 3 is 2.40 bits per heavy atom. The van der Waals surface area contributed by atoms with Crippen molar-refractivity contribution in [2.45, 2.75) is 77.2 Å². The molecule has 3 fully saturated rings. The van der Waals surface area contributed by atoms with Crippen LogP contribution in [-0.4, -0.2) is 59.0 Å². The van der Waals surface area contributed by atoms with Crippen LogP contribution in [0.25, 0.3) is 0 Å². The van der Waals surface area contributed by atoms with Gasteiger partial charge in [0.25, 0.3) is 0 Å². The topological polar surface area (TPSA) is 35.6 Å². The van der Waals surface area contributed by atoms with Crippen LogP contribution in [0.15, 0.2) is 0 Å². The van der Waals surface area contributed by atoms with Crippen LogP contribution in [0, 0.1) is 5.92 Å². The summed E-state index contributed by atoms with van der Waals surface area (Å²) < 4.78 is 0. The van der Waals surface area contributed by atoms with E-state index in [1.807, 2.05) is 0 Å². The smallest absolute Gasteiger partial charge is 0.240 e. The Kier molecular flexibility index (Phi) is 3.80. The molecule has 1 amide bonds. The monoisotopic (exact) mass is 279 g/mol. The zero-order chi connectivity index (χ0) is 14.4. The van der Waals surface area contributed by atoms with Crippen molar-refractivity contribution in [2.75, 3.05) is 13.1 Å². The minimum absolute atomic E-state index is 0.0318. The summed E-state index contributed by atoms with van der Waals surface area (Å²) in [5.41, 5.74) is 0. The Labute approximate surface area is 122 Å². The molecule has 0 aromatic rings. The highest BCUT2D eigenvalue weighted by molar-refractivity contribution is 5.82. The number of carbonyl (C=O) groups excluding carboxylic acids is 1. The van der Waals surface area contributed by atoms with Gasteiger partial charge in [0.05, 0.1) is 6.04 Å². The van der Waals surface area contributed by atoms with Gasteiger partial charge in [0, 0.05) is 37.3 Å². The van der Waals surface area contributed by atoms with Crippen LogP contribution in [-0.2, 0) is 4.79 Å². The third-order valence-electron chi connectivity index (χ3n) is 5.86. The Balaban J connectivity index is 1.74. The third kappa shape index (κ3) is 2.17. The second kappa shape index (κ2) is 5.30. The molecule has 0 aromatic carbocycles. The number of nitrogens with one attached hydrogen (secondary N) is 1. The molecule has 114 valence electrons. The van der Waals surface area contributed by atoms with Crippen molar-refractivity contribution in [3.05, 3.63) is 0 Å². The fraction of sp³-hybridized carbons (Fsp3) is 0.938. The van der Waals surface area contributed by atoms with E-state index in [1.165, 1.54) is 19.3 Å². The lowest BCUT2D eigenvalue weighted by atomic mass is 10.0. The third-order valence-corrected chi connectivity index (χ3v) is 5.86. The van der Waals surface area contributed by atoms with Crippen LogP contribution in [0.4, 0.5) is 0 Å². The summed E-state index contributed by atoms with van der Waals surface area (Å²) in [5.74, 6) is 1.03. The molecule has 1 N–H and O–H groups in total. The normalized spacial score (nSPS) is 43.0. The predicted molar refractivity (Wildman–Crippen MR) is 80.5 cm³/mol. The van der Waals surface area contributed by atoms with Crippen LogP contribution in [0.2, 0.25) is 0 Å². The van der Waals surface area contributed by atoms with Crippen molar-refractivity contribution in [3.63, 3.8) is 0 Å². The molecule has 20 heavy (non-hydrogen) atoms. The molecule has 6 atom stereocenters. The maximum atomic E-state index is 13.0. The first-order chi connectivity index (χ1) is 9.50. The summed E-state index contributed by atoms with van der Waals surface area (Å²) in [4.78, 5) is 17.7. The fourth-order valence-electron chi connectivity index (χ4n) is 4.87. The van der Waals surface area contributed by atoms with E-state index >= 15 is 0 Å². The van der Waals surface area contributed by atoms with Gasteiger partial charge in [0.1, 0.15) is 0 Å². The number of carbonyl (C=O) groups is 1. The Bertz CT molecular complexity index is 376. The molecule has 0 bridgehead atoms. The van der Waals surface area contributed by atoms with E-state index in [9.17, 15) is 4.79 Å². The van der Waals surface area contributed by atoms with Gasteiger partial charge in [0.15, 0.2) is 0 Å². The number of rotatable bonds is 2.